The van der Waals surface area contributed by atoms with E-state index in [1.54, 1.807) is 54.6 Å². The quantitative estimate of drug-likeness (QED) is 0.314. The van der Waals surface area contributed by atoms with Crippen LogP contribution in [0.5, 0.6) is 0 Å². The van der Waals surface area contributed by atoms with Gasteiger partial charge in [0.2, 0.25) is 5.56 Å². The normalized spacial score (nSPS) is 12.1. The molecule has 0 bridgehead atoms. The highest BCUT2D eigenvalue weighted by Crippen LogP contribution is 2.18. The molecule has 1 heterocycles. The van der Waals surface area contributed by atoms with Gasteiger partial charge in [-0.3, -0.25) is 9.59 Å². The van der Waals surface area contributed by atoms with Crippen molar-refractivity contribution in [2.75, 3.05) is 12.4 Å². The van der Waals surface area contributed by atoms with Gasteiger partial charge in [0.1, 0.15) is 12.6 Å². The monoisotopic (exact) mass is 538 g/mol. The number of para-hydroxylation sites is 1. The van der Waals surface area contributed by atoms with Gasteiger partial charge in [-0.1, -0.05) is 48.0 Å². The van der Waals surface area contributed by atoms with Crippen molar-refractivity contribution in [3.05, 3.63) is 111 Å². The first-order chi connectivity index (χ1) is 17.7. The highest BCUT2D eigenvalue weighted by molar-refractivity contribution is 7.91. The summed E-state index contributed by atoms with van der Waals surface area (Å²) in [7, 11) is -3.67. The Hall–Kier alpha value is -3.95. The number of fused-ring (bicyclic) bond motifs is 1. The van der Waals surface area contributed by atoms with Crippen LogP contribution in [0.3, 0.4) is 0 Å². The van der Waals surface area contributed by atoms with Crippen LogP contribution in [0.15, 0.2) is 94.6 Å². The van der Waals surface area contributed by atoms with Gasteiger partial charge in [0.15, 0.2) is 9.84 Å². The summed E-state index contributed by atoms with van der Waals surface area (Å²) >= 11 is 5.90. The molecule has 0 spiro atoms. The molecule has 0 radical (unpaired) electrons. The molecule has 1 unspecified atom stereocenters. The summed E-state index contributed by atoms with van der Waals surface area (Å²) < 4.78 is 30.4. The number of pyridine rings is 1. The van der Waals surface area contributed by atoms with Gasteiger partial charge in [0.25, 0.3) is 5.91 Å². The molecular weight excluding hydrogens is 516 g/mol. The number of carbonyl (C=O) groups excluding carboxylic acids is 2. The van der Waals surface area contributed by atoms with Crippen molar-refractivity contribution < 1.29 is 22.7 Å². The maximum absolute atomic E-state index is 13.1. The molecule has 1 aromatic heterocycles. The molecule has 37 heavy (non-hydrogen) atoms. The Morgan fingerprint density at radius 3 is 2.35 bits per heavy atom. The number of nitrogens with one attached hydrogen (secondary N) is 2. The van der Waals surface area contributed by atoms with Gasteiger partial charge in [-0.15, -0.1) is 0 Å². The van der Waals surface area contributed by atoms with Crippen LogP contribution in [0, 0.1) is 0 Å². The van der Waals surface area contributed by atoms with Crippen molar-refractivity contribution in [2.45, 2.75) is 17.4 Å². The Kier molecular flexibility index (Phi) is 8.05. The molecular formula is C27H23ClN2O6S. The fourth-order valence-corrected chi connectivity index (χ4v) is 5.04. The van der Waals surface area contributed by atoms with Crippen molar-refractivity contribution >= 4 is 44.2 Å². The second-order valence-electron chi connectivity index (χ2n) is 8.24. The van der Waals surface area contributed by atoms with E-state index in [9.17, 15) is 22.8 Å². The molecule has 0 fully saturated rings. The van der Waals surface area contributed by atoms with Gasteiger partial charge in [0, 0.05) is 34.0 Å². The molecule has 0 aliphatic rings. The summed E-state index contributed by atoms with van der Waals surface area (Å²) in [4.78, 5) is 41.0. The van der Waals surface area contributed by atoms with Crippen LogP contribution in [0.4, 0.5) is 0 Å². The standard InChI is InChI=1S/C27H23ClN2O6S/c28-20-12-10-18(11-13-20)26(32)30-24(16-19-17-25(31)29-23-9-5-4-8-22(19)23)27(33)36-14-15-37(34,35)21-6-2-1-3-7-21/h1-13,17,24H,14-16H2,(H,29,31)(H,30,32). The Morgan fingerprint density at radius 2 is 1.62 bits per heavy atom. The minimum Gasteiger partial charge on any atom is -0.463 e. The number of sulfone groups is 1. The topological polar surface area (TPSA) is 122 Å². The van der Waals surface area contributed by atoms with Gasteiger partial charge in [-0.2, -0.15) is 0 Å². The van der Waals surface area contributed by atoms with E-state index in [0.717, 1.165) is 0 Å². The van der Waals surface area contributed by atoms with Crippen molar-refractivity contribution in [1.82, 2.24) is 10.3 Å². The SMILES string of the molecule is O=C(NC(Cc1cc(=O)[nH]c2ccccc12)C(=O)OCCS(=O)(=O)c1ccccc1)c1ccc(Cl)cc1. The summed E-state index contributed by atoms with van der Waals surface area (Å²) in [5.74, 6) is -1.80. The minimum absolute atomic E-state index is 0.0476. The lowest BCUT2D eigenvalue weighted by molar-refractivity contribution is -0.145. The number of esters is 1. The van der Waals surface area contributed by atoms with Crippen molar-refractivity contribution in [3.63, 3.8) is 0 Å². The van der Waals surface area contributed by atoms with Gasteiger partial charge in [0.05, 0.1) is 10.6 Å². The van der Waals surface area contributed by atoms with E-state index in [-0.39, 0.29) is 22.4 Å². The number of benzene rings is 3. The molecule has 190 valence electrons. The van der Waals surface area contributed by atoms with E-state index in [2.05, 4.69) is 10.3 Å². The molecule has 3 aromatic carbocycles. The zero-order valence-corrected chi connectivity index (χ0v) is 21.1. The number of carbonyl (C=O) groups is 2. The van der Waals surface area contributed by atoms with Gasteiger partial charge in [-0.25, -0.2) is 13.2 Å². The highest BCUT2D eigenvalue weighted by atomic mass is 35.5. The number of amides is 1. The van der Waals surface area contributed by atoms with Crippen LogP contribution in [-0.2, 0) is 25.8 Å². The lowest BCUT2D eigenvalue weighted by atomic mass is 10.0. The number of rotatable bonds is 9. The second kappa shape index (κ2) is 11.4. The van der Waals surface area contributed by atoms with Crippen molar-refractivity contribution in [2.24, 2.45) is 0 Å². The molecule has 1 atom stereocenters. The average Bonchev–Trinajstić information content (AvgIpc) is 2.89. The maximum atomic E-state index is 13.1. The lowest BCUT2D eigenvalue weighted by Gasteiger charge is -2.19. The van der Waals surface area contributed by atoms with Gasteiger partial charge < -0.3 is 15.0 Å². The molecule has 0 aliphatic carbocycles. The first-order valence-electron chi connectivity index (χ1n) is 11.3. The third-order valence-electron chi connectivity index (χ3n) is 5.66. The maximum Gasteiger partial charge on any atom is 0.329 e. The number of aromatic nitrogens is 1. The van der Waals surface area contributed by atoms with Crippen LogP contribution >= 0.6 is 11.6 Å². The van der Waals surface area contributed by atoms with Crippen LogP contribution in [0.25, 0.3) is 10.9 Å². The summed E-state index contributed by atoms with van der Waals surface area (Å²) in [6, 6.07) is 21.2. The Balaban J connectivity index is 1.55. The number of H-pyrrole nitrogens is 1. The largest absolute Gasteiger partial charge is 0.463 e. The zero-order valence-electron chi connectivity index (χ0n) is 19.5. The van der Waals surface area contributed by atoms with Crippen LogP contribution in [0.1, 0.15) is 15.9 Å². The van der Waals surface area contributed by atoms with E-state index < -0.39 is 40.1 Å². The predicted molar refractivity (Wildman–Crippen MR) is 140 cm³/mol. The van der Waals surface area contributed by atoms with Gasteiger partial charge >= 0.3 is 5.97 Å². The van der Waals surface area contributed by atoms with Gasteiger partial charge in [-0.05, 0) is 48.0 Å². The van der Waals surface area contributed by atoms with Crippen LogP contribution < -0.4 is 10.9 Å². The molecule has 2 N–H and O–H groups in total. The zero-order chi connectivity index (χ0) is 26.4. The molecule has 10 heteroatoms. The van der Waals surface area contributed by atoms with Crippen LogP contribution in [0.2, 0.25) is 5.02 Å². The Labute approximate surface area is 218 Å². The molecule has 0 aliphatic heterocycles. The summed E-state index contributed by atoms with van der Waals surface area (Å²) in [5, 5.41) is 3.79. The van der Waals surface area contributed by atoms with Crippen molar-refractivity contribution in [3.8, 4) is 0 Å². The summed E-state index contributed by atoms with van der Waals surface area (Å²) in [5.41, 5.74) is 1.01. The molecule has 0 saturated carbocycles. The van der Waals surface area contributed by atoms with E-state index in [4.69, 9.17) is 16.3 Å². The van der Waals surface area contributed by atoms with E-state index in [0.29, 0.717) is 21.5 Å². The molecule has 4 aromatic rings. The average molecular weight is 539 g/mol. The van der Waals surface area contributed by atoms with Crippen LogP contribution in [-0.4, -0.2) is 43.7 Å². The minimum atomic E-state index is -3.67. The van der Waals surface area contributed by atoms with E-state index >= 15 is 0 Å². The first kappa shape index (κ1) is 26.1. The number of hydrogen-bond acceptors (Lipinski definition) is 6. The van der Waals surface area contributed by atoms with E-state index in [1.165, 1.54) is 30.3 Å². The summed E-state index contributed by atoms with van der Waals surface area (Å²) in [6.45, 7) is -0.403. The predicted octanol–water partition coefficient (Wildman–Crippen LogP) is 3.54. The third-order valence-corrected chi connectivity index (χ3v) is 7.60. The number of aromatic amines is 1. The fraction of sp³-hybridized carbons (Fsp3) is 0.148. The number of ether oxygens (including phenoxy) is 1. The first-order valence-corrected chi connectivity index (χ1v) is 13.4. The Morgan fingerprint density at radius 1 is 0.946 bits per heavy atom. The highest BCUT2D eigenvalue weighted by Gasteiger charge is 2.25. The molecule has 8 nitrogen and oxygen atoms in total. The Bertz CT molecular complexity index is 1590. The molecule has 4 rings (SSSR count). The molecule has 1 amide bonds. The fourth-order valence-electron chi connectivity index (χ4n) is 3.80. The van der Waals surface area contributed by atoms with Crippen molar-refractivity contribution in [1.29, 1.82) is 0 Å². The lowest BCUT2D eigenvalue weighted by Crippen LogP contribution is -2.44. The smallest absolute Gasteiger partial charge is 0.329 e. The number of halogens is 1. The molecule has 0 saturated heterocycles. The van der Waals surface area contributed by atoms with E-state index in [1.807, 2.05) is 0 Å². The third kappa shape index (κ3) is 6.63. The second-order valence-corrected chi connectivity index (χ2v) is 10.8. The number of hydrogen-bond donors (Lipinski definition) is 2. The summed E-state index contributed by atoms with van der Waals surface area (Å²) in [6.07, 6.45) is -0.0476.